The lowest BCUT2D eigenvalue weighted by molar-refractivity contribution is 0.414. The molecule has 0 heterocycles. The molecule has 0 aliphatic carbocycles. The van der Waals surface area contributed by atoms with Crippen LogP contribution in [0.3, 0.4) is 0 Å². The molecular formula is C16H20N2O2. The van der Waals surface area contributed by atoms with Crippen molar-refractivity contribution in [2.45, 2.75) is 13.0 Å². The van der Waals surface area contributed by atoms with Gasteiger partial charge in [-0.05, 0) is 36.8 Å². The molecule has 0 radical (unpaired) electrons. The van der Waals surface area contributed by atoms with Crippen molar-refractivity contribution in [2.24, 2.45) is 0 Å². The number of ether oxygens (including phenoxy) is 2. The molecule has 0 aliphatic heterocycles. The quantitative estimate of drug-likeness (QED) is 0.818. The van der Waals surface area contributed by atoms with Gasteiger partial charge in [-0.2, -0.15) is 0 Å². The van der Waals surface area contributed by atoms with E-state index in [-0.39, 0.29) is 6.04 Å². The molecule has 0 spiro atoms. The summed E-state index contributed by atoms with van der Waals surface area (Å²) in [6, 6.07) is 13.7. The van der Waals surface area contributed by atoms with Gasteiger partial charge in [0, 0.05) is 12.1 Å². The second kappa shape index (κ2) is 6.19. The normalized spacial score (nSPS) is 11.8. The van der Waals surface area contributed by atoms with Crippen molar-refractivity contribution in [3.8, 4) is 11.5 Å². The smallest absolute Gasteiger partial charge is 0.121 e. The average molecular weight is 272 g/mol. The van der Waals surface area contributed by atoms with E-state index in [9.17, 15) is 0 Å². The Morgan fingerprint density at radius 1 is 0.950 bits per heavy atom. The summed E-state index contributed by atoms with van der Waals surface area (Å²) in [6.07, 6.45) is 0. The topological polar surface area (TPSA) is 56.5 Å². The third-order valence-electron chi connectivity index (χ3n) is 3.25. The highest BCUT2D eigenvalue weighted by Gasteiger charge is 2.08. The Bertz CT molecular complexity index is 567. The van der Waals surface area contributed by atoms with Crippen molar-refractivity contribution in [1.82, 2.24) is 0 Å². The van der Waals surface area contributed by atoms with E-state index in [4.69, 9.17) is 15.2 Å². The Kier molecular flexibility index (Phi) is 4.35. The van der Waals surface area contributed by atoms with Gasteiger partial charge in [0.2, 0.25) is 0 Å². The van der Waals surface area contributed by atoms with Gasteiger partial charge in [-0.25, -0.2) is 0 Å². The summed E-state index contributed by atoms with van der Waals surface area (Å²) in [5.41, 5.74) is 8.74. The van der Waals surface area contributed by atoms with Crippen molar-refractivity contribution in [2.75, 3.05) is 25.3 Å². The fourth-order valence-electron chi connectivity index (χ4n) is 2.01. The number of benzene rings is 2. The summed E-state index contributed by atoms with van der Waals surface area (Å²) in [5, 5.41) is 3.39. The number of hydrogen-bond acceptors (Lipinski definition) is 4. The SMILES string of the molecule is COc1ccc(C(C)Nc2ccc(OC)cc2N)cc1. The Labute approximate surface area is 119 Å². The van der Waals surface area contributed by atoms with Gasteiger partial charge >= 0.3 is 0 Å². The van der Waals surface area contributed by atoms with Crippen LogP contribution in [0.4, 0.5) is 11.4 Å². The second-order valence-corrected chi connectivity index (χ2v) is 4.59. The average Bonchev–Trinajstić information content (AvgIpc) is 2.49. The molecular weight excluding hydrogens is 252 g/mol. The molecule has 106 valence electrons. The molecule has 0 aromatic heterocycles. The first-order valence-corrected chi connectivity index (χ1v) is 6.48. The molecule has 0 fully saturated rings. The maximum atomic E-state index is 6.01. The van der Waals surface area contributed by atoms with Crippen molar-refractivity contribution >= 4 is 11.4 Å². The second-order valence-electron chi connectivity index (χ2n) is 4.59. The molecule has 0 saturated carbocycles. The van der Waals surface area contributed by atoms with Gasteiger partial charge in [0.1, 0.15) is 11.5 Å². The van der Waals surface area contributed by atoms with Crippen LogP contribution < -0.4 is 20.5 Å². The van der Waals surface area contributed by atoms with Crippen molar-refractivity contribution in [3.63, 3.8) is 0 Å². The Morgan fingerprint density at radius 2 is 1.55 bits per heavy atom. The van der Waals surface area contributed by atoms with E-state index in [2.05, 4.69) is 12.2 Å². The zero-order valence-corrected chi connectivity index (χ0v) is 12.0. The molecule has 2 aromatic rings. The van der Waals surface area contributed by atoms with Gasteiger partial charge in [-0.15, -0.1) is 0 Å². The standard InChI is InChI=1S/C16H20N2O2/c1-11(12-4-6-13(19-2)7-5-12)18-16-9-8-14(20-3)10-15(16)17/h4-11,18H,17H2,1-3H3. The molecule has 0 saturated heterocycles. The number of nitrogens with one attached hydrogen (secondary N) is 1. The predicted molar refractivity (Wildman–Crippen MR) is 82.4 cm³/mol. The molecule has 3 N–H and O–H groups in total. The largest absolute Gasteiger partial charge is 0.497 e. The van der Waals surface area contributed by atoms with E-state index in [0.29, 0.717) is 5.69 Å². The van der Waals surface area contributed by atoms with E-state index in [1.807, 2.05) is 42.5 Å². The molecule has 4 nitrogen and oxygen atoms in total. The van der Waals surface area contributed by atoms with Crippen molar-refractivity contribution in [1.29, 1.82) is 0 Å². The van der Waals surface area contributed by atoms with Gasteiger partial charge < -0.3 is 20.5 Å². The zero-order valence-electron chi connectivity index (χ0n) is 12.0. The number of hydrogen-bond donors (Lipinski definition) is 2. The summed E-state index contributed by atoms with van der Waals surface area (Å²) in [6.45, 7) is 2.09. The Hall–Kier alpha value is -2.36. The zero-order chi connectivity index (χ0) is 14.5. The van der Waals surface area contributed by atoms with E-state index >= 15 is 0 Å². The van der Waals surface area contributed by atoms with Crippen LogP contribution in [-0.2, 0) is 0 Å². The fraction of sp³-hybridized carbons (Fsp3) is 0.250. The molecule has 20 heavy (non-hydrogen) atoms. The number of nitrogens with two attached hydrogens (primary N) is 1. The van der Waals surface area contributed by atoms with Crippen LogP contribution >= 0.6 is 0 Å². The highest BCUT2D eigenvalue weighted by atomic mass is 16.5. The fourth-order valence-corrected chi connectivity index (χ4v) is 2.01. The number of anilines is 2. The molecule has 1 atom stereocenters. The lowest BCUT2D eigenvalue weighted by Gasteiger charge is -2.18. The Balaban J connectivity index is 2.12. The van der Waals surface area contributed by atoms with Crippen LogP contribution in [0.15, 0.2) is 42.5 Å². The summed E-state index contributed by atoms with van der Waals surface area (Å²) in [5.74, 6) is 1.61. The lowest BCUT2D eigenvalue weighted by atomic mass is 10.1. The van der Waals surface area contributed by atoms with Crippen molar-refractivity contribution < 1.29 is 9.47 Å². The van der Waals surface area contributed by atoms with Crippen molar-refractivity contribution in [3.05, 3.63) is 48.0 Å². The van der Waals surface area contributed by atoms with Gasteiger partial charge in [-0.3, -0.25) is 0 Å². The van der Waals surface area contributed by atoms with Gasteiger partial charge in [0.25, 0.3) is 0 Å². The summed E-state index contributed by atoms with van der Waals surface area (Å²) < 4.78 is 10.3. The first-order chi connectivity index (χ1) is 9.63. The summed E-state index contributed by atoms with van der Waals surface area (Å²) in [7, 11) is 3.29. The van der Waals surface area contributed by atoms with E-state index in [1.54, 1.807) is 14.2 Å². The van der Waals surface area contributed by atoms with Gasteiger partial charge in [-0.1, -0.05) is 12.1 Å². The third-order valence-corrected chi connectivity index (χ3v) is 3.25. The van der Waals surface area contributed by atoms with E-state index < -0.39 is 0 Å². The van der Waals surface area contributed by atoms with Crippen LogP contribution in [0.1, 0.15) is 18.5 Å². The predicted octanol–water partition coefficient (Wildman–Crippen LogP) is 3.46. The molecule has 2 rings (SSSR count). The maximum absolute atomic E-state index is 6.01. The monoisotopic (exact) mass is 272 g/mol. The van der Waals surface area contributed by atoms with Gasteiger partial charge in [0.05, 0.1) is 25.6 Å². The van der Waals surface area contributed by atoms with Gasteiger partial charge in [0.15, 0.2) is 0 Å². The highest BCUT2D eigenvalue weighted by Crippen LogP contribution is 2.28. The van der Waals surface area contributed by atoms with Crippen LogP contribution in [0.5, 0.6) is 11.5 Å². The van der Waals surface area contributed by atoms with E-state index in [1.165, 1.54) is 5.56 Å². The molecule has 2 aromatic carbocycles. The maximum Gasteiger partial charge on any atom is 0.121 e. The minimum absolute atomic E-state index is 0.150. The number of methoxy groups -OCH3 is 2. The molecule has 0 bridgehead atoms. The summed E-state index contributed by atoms with van der Waals surface area (Å²) in [4.78, 5) is 0. The molecule has 4 heteroatoms. The minimum Gasteiger partial charge on any atom is -0.497 e. The minimum atomic E-state index is 0.150. The van der Waals surface area contributed by atoms with E-state index in [0.717, 1.165) is 17.2 Å². The molecule has 1 unspecified atom stereocenters. The van der Waals surface area contributed by atoms with Crippen LogP contribution in [-0.4, -0.2) is 14.2 Å². The Morgan fingerprint density at radius 3 is 2.10 bits per heavy atom. The van der Waals surface area contributed by atoms with Crippen LogP contribution in [0.2, 0.25) is 0 Å². The first-order valence-electron chi connectivity index (χ1n) is 6.48. The third kappa shape index (κ3) is 3.15. The molecule has 0 aliphatic rings. The summed E-state index contributed by atoms with van der Waals surface area (Å²) >= 11 is 0. The lowest BCUT2D eigenvalue weighted by Crippen LogP contribution is -2.08. The van der Waals surface area contributed by atoms with Crippen LogP contribution in [0, 0.1) is 0 Å². The number of rotatable bonds is 5. The van der Waals surface area contributed by atoms with Crippen LogP contribution in [0.25, 0.3) is 0 Å². The number of nitrogen functional groups attached to an aromatic ring is 1. The molecule has 0 amide bonds. The highest BCUT2D eigenvalue weighted by molar-refractivity contribution is 5.68. The first kappa shape index (κ1) is 14.1.